The summed E-state index contributed by atoms with van der Waals surface area (Å²) >= 11 is 3.13. The zero-order valence-corrected chi connectivity index (χ0v) is 10.3. The Morgan fingerprint density at radius 3 is 3.06 bits per heavy atom. The van der Waals surface area contributed by atoms with E-state index in [0.29, 0.717) is 16.8 Å². The van der Waals surface area contributed by atoms with Gasteiger partial charge in [-0.15, -0.1) is 0 Å². The first-order valence-electron chi connectivity index (χ1n) is 4.88. The van der Waals surface area contributed by atoms with Crippen molar-refractivity contribution in [2.45, 2.75) is 6.54 Å². The van der Waals surface area contributed by atoms with E-state index in [1.54, 1.807) is 12.1 Å². The molecule has 6 heteroatoms. The molecule has 0 fully saturated rings. The van der Waals surface area contributed by atoms with Gasteiger partial charge in [0.2, 0.25) is 0 Å². The summed E-state index contributed by atoms with van der Waals surface area (Å²) in [6, 6.07) is 6.22. The molecule has 0 saturated carbocycles. The lowest BCUT2D eigenvalue weighted by molar-refractivity contribution is 0.626. The first-order chi connectivity index (χ1) is 8.16. The Morgan fingerprint density at radius 2 is 2.29 bits per heavy atom. The molecule has 2 aromatic rings. The average Bonchev–Trinajstić information content (AvgIpc) is 2.31. The predicted octanol–water partition coefficient (Wildman–Crippen LogP) is 2.28. The summed E-state index contributed by atoms with van der Waals surface area (Å²) in [5.41, 5.74) is 0.515. The van der Waals surface area contributed by atoms with E-state index in [-0.39, 0.29) is 11.4 Å². The lowest BCUT2D eigenvalue weighted by atomic mass is 10.2. The van der Waals surface area contributed by atoms with Gasteiger partial charge in [-0.3, -0.25) is 4.79 Å². The number of benzene rings is 1. The van der Waals surface area contributed by atoms with Crippen LogP contribution < -0.4 is 10.9 Å². The number of hydrogen-bond donors (Lipinski definition) is 2. The second-order valence-electron chi connectivity index (χ2n) is 3.38. The van der Waals surface area contributed by atoms with Crippen molar-refractivity contribution < 1.29 is 4.39 Å². The van der Waals surface area contributed by atoms with Crippen molar-refractivity contribution in [3.8, 4) is 0 Å². The minimum atomic E-state index is -0.290. The maximum absolute atomic E-state index is 12.9. The van der Waals surface area contributed by atoms with Crippen LogP contribution in [0, 0.1) is 5.82 Å². The van der Waals surface area contributed by atoms with Gasteiger partial charge in [0.05, 0.1) is 6.33 Å². The van der Waals surface area contributed by atoms with E-state index < -0.39 is 0 Å². The predicted molar refractivity (Wildman–Crippen MR) is 66.3 cm³/mol. The molecule has 0 aliphatic carbocycles. The zero-order chi connectivity index (χ0) is 12.3. The van der Waals surface area contributed by atoms with Crippen molar-refractivity contribution in [2.24, 2.45) is 0 Å². The van der Waals surface area contributed by atoms with Gasteiger partial charge in [0.25, 0.3) is 5.56 Å². The van der Waals surface area contributed by atoms with Gasteiger partial charge < -0.3 is 10.3 Å². The Balaban J connectivity index is 2.13. The maximum atomic E-state index is 12.9. The van der Waals surface area contributed by atoms with Crippen LogP contribution in [0.5, 0.6) is 0 Å². The van der Waals surface area contributed by atoms with E-state index >= 15 is 0 Å². The van der Waals surface area contributed by atoms with E-state index in [9.17, 15) is 9.18 Å². The van der Waals surface area contributed by atoms with Gasteiger partial charge in [0, 0.05) is 6.54 Å². The summed E-state index contributed by atoms with van der Waals surface area (Å²) in [6.45, 7) is 0.396. The molecule has 0 radical (unpaired) electrons. The van der Waals surface area contributed by atoms with Gasteiger partial charge in [-0.2, -0.15) is 0 Å². The molecule has 0 aliphatic rings. The molecule has 88 valence electrons. The Kier molecular flexibility index (Phi) is 3.53. The van der Waals surface area contributed by atoms with Crippen molar-refractivity contribution in [1.29, 1.82) is 0 Å². The number of nitrogens with zero attached hydrogens (tertiary/aromatic N) is 1. The molecule has 1 aromatic heterocycles. The molecule has 1 aromatic carbocycles. The molecule has 2 N–H and O–H groups in total. The standard InChI is InChI=1S/C11H9BrFN3O/c12-9-10(15-6-16-11(9)17)14-5-7-2-1-3-8(13)4-7/h1-4,6H,5H2,(H2,14,15,16,17). The summed E-state index contributed by atoms with van der Waals surface area (Å²) < 4.78 is 13.3. The quantitative estimate of drug-likeness (QED) is 0.914. The SMILES string of the molecule is O=c1[nH]cnc(NCc2cccc(F)c2)c1Br. The van der Waals surface area contributed by atoms with Gasteiger partial charge in [-0.05, 0) is 33.6 Å². The third-order valence-corrected chi connectivity index (χ3v) is 2.88. The average molecular weight is 298 g/mol. The fourth-order valence-electron chi connectivity index (χ4n) is 1.34. The van der Waals surface area contributed by atoms with Gasteiger partial charge in [0.1, 0.15) is 16.1 Å². The van der Waals surface area contributed by atoms with E-state index in [4.69, 9.17) is 0 Å². The summed E-state index contributed by atoms with van der Waals surface area (Å²) in [7, 11) is 0. The summed E-state index contributed by atoms with van der Waals surface area (Å²) in [6.07, 6.45) is 1.31. The van der Waals surface area contributed by atoms with Crippen LogP contribution in [0.1, 0.15) is 5.56 Å². The smallest absolute Gasteiger partial charge is 0.267 e. The highest BCUT2D eigenvalue weighted by Gasteiger charge is 2.04. The molecule has 2 rings (SSSR count). The minimum Gasteiger partial charge on any atom is -0.365 e. The fraction of sp³-hybridized carbons (Fsp3) is 0.0909. The molecule has 17 heavy (non-hydrogen) atoms. The van der Waals surface area contributed by atoms with Crippen LogP contribution in [0.3, 0.4) is 0 Å². The molecule has 4 nitrogen and oxygen atoms in total. The molecule has 0 atom stereocenters. The minimum absolute atomic E-state index is 0.262. The number of hydrogen-bond acceptors (Lipinski definition) is 3. The Morgan fingerprint density at radius 1 is 1.47 bits per heavy atom. The van der Waals surface area contributed by atoms with Crippen LogP contribution in [0.25, 0.3) is 0 Å². The molecule has 0 amide bonds. The van der Waals surface area contributed by atoms with Gasteiger partial charge in [-0.25, -0.2) is 9.37 Å². The molecule has 0 bridgehead atoms. The highest BCUT2D eigenvalue weighted by molar-refractivity contribution is 9.10. The number of H-pyrrole nitrogens is 1. The molecule has 1 heterocycles. The second kappa shape index (κ2) is 5.09. The Bertz CT molecular complexity index is 585. The molecule has 0 unspecified atom stereocenters. The molecule has 0 saturated heterocycles. The lowest BCUT2D eigenvalue weighted by Crippen LogP contribution is -2.12. The van der Waals surface area contributed by atoms with Crippen LogP contribution in [-0.4, -0.2) is 9.97 Å². The molecular weight excluding hydrogens is 289 g/mol. The molecule has 0 aliphatic heterocycles. The van der Waals surface area contributed by atoms with Gasteiger partial charge >= 0.3 is 0 Å². The van der Waals surface area contributed by atoms with Gasteiger partial charge in [-0.1, -0.05) is 12.1 Å². The van der Waals surface area contributed by atoms with Crippen LogP contribution in [0.15, 0.2) is 39.9 Å². The highest BCUT2D eigenvalue weighted by atomic mass is 79.9. The monoisotopic (exact) mass is 297 g/mol. The van der Waals surface area contributed by atoms with Gasteiger partial charge in [0.15, 0.2) is 0 Å². The van der Waals surface area contributed by atoms with E-state index in [2.05, 4.69) is 31.2 Å². The summed E-state index contributed by atoms with van der Waals surface area (Å²) in [4.78, 5) is 17.7. The van der Waals surface area contributed by atoms with E-state index in [1.165, 1.54) is 18.5 Å². The second-order valence-corrected chi connectivity index (χ2v) is 4.17. The van der Waals surface area contributed by atoms with Crippen LogP contribution in [-0.2, 0) is 6.54 Å². The normalized spacial score (nSPS) is 10.2. The first kappa shape index (κ1) is 11.8. The summed E-state index contributed by atoms with van der Waals surface area (Å²) in [5, 5.41) is 2.95. The van der Waals surface area contributed by atoms with E-state index in [0.717, 1.165) is 5.56 Å². The zero-order valence-electron chi connectivity index (χ0n) is 8.71. The lowest BCUT2D eigenvalue weighted by Gasteiger charge is -2.06. The van der Waals surface area contributed by atoms with E-state index in [1.807, 2.05) is 0 Å². The van der Waals surface area contributed by atoms with Crippen molar-refractivity contribution in [3.05, 3.63) is 56.8 Å². The van der Waals surface area contributed by atoms with Crippen LogP contribution >= 0.6 is 15.9 Å². The third kappa shape index (κ3) is 2.91. The van der Waals surface area contributed by atoms with Crippen LogP contribution in [0.4, 0.5) is 10.2 Å². The number of aromatic amines is 1. The van der Waals surface area contributed by atoms with Crippen molar-refractivity contribution in [1.82, 2.24) is 9.97 Å². The number of anilines is 1. The Hall–Kier alpha value is -1.69. The fourth-order valence-corrected chi connectivity index (χ4v) is 1.70. The third-order valence-electron chi connectivity index (χ3n) is 2.15. The molecule has 0 spiro atoms. The summed E-state index contributed by atoms with van der Waals surface area (Å²) in [5.74, 6) is 0.139. The van der Waals surface area contributed by atoms with Crippen LogP contribution in [0.2, 0.25) is 0 Å². The largest absolute Gasteiger partial charge is 0.365 e. The Labute approximate surface area is 105 Å². The number of halogens is 2. The van der Waals surface area contributed by atoms with Crippen molar-refractivity contribution >= 4 is 21.7 Å². The first-order valence-corrected chi connectivity index (χ1v) is 5.67. The number of aromatic nitrogens is 2. The highest BCUT2D eigenvalue weighted by Crippen LogP contribution is 2.14. The van der Waals surface area contributed by atoms with Crippen molar-refractivity contribution in [3.63, 3.8) is 0 Å². The number of rotatable bonds is 3. The number of nitrogens with one attached hydrogen (secondary N) is 2. The topological polar surface area (TPSA) is 57.8 Å². The maximum Gasteiger partial charge on any atom is 0.267 e. The van der Waals surface area contributed by atoms with Crippen molar-refractivity contribution in [2.75, 3.05) is 5.32 Å². The molecular formula is C11H9BrFN3O.